The van der Waals surface area contributed by atoms with Gasteiger partial charge in [-0.1, -0.05) is 140 Å². The predicted molar refractivity (Wildman–Crippen MR) is 222 cm³/mol. The molecule has 0 aliphatic rings. The molecule has 0 spiro atoms. The fraction of sp³-hybridized carbons (Fsp3) is 0.0408. The molecule has 4 aromatic heterocycles. The van der Waals surface area contributed by atoms with Crippen LogP contribution in [0.4, 0.5) is 0 Å². The molecule has 0 unspecified atom stereocenters. The van der Waals surface area contributed by atoms with Crippen LogP contribution >= 0.6 is 0 Å². The van der Waals surface area contributed by atoms with Crippen LogP contribution in [0.2, 0.25) is 0 Å². The summed E-state index contributed by atoms with van der Waals surface area (Å²) in [6.07, 6.45) is 2.66. The highest BCUT2D eigenvalue weighted by molar-refractivity contribution is 6.11. The lowest BCUT2D eigenvalue weighted by Crippen LogP contribution is -1.98. The van der Waals surface area contributed by atoms with Gasteiger partial charge in [0.05, 0.1) is 33.6 Å². The Hall–Kier alpha value is -7.11. The zero-order valence-corrected chi connectivity index (χ0v) is 29.6. The van der Waals surface area contributed by atoms with Gasteiger partial charge in [-0.3, -0.25) is 9.97 Å². The Balaban J connectivity index is 1.16. The molecule has 5 nitrogen and oxygen atoms in total. The number of fused-ring (bicyclic) bond motifs is 5. The number of hydrogen-bond acceptors (Lipinski definition) is 5. The average Bonchev–Trinajstić information content (AvgIpc) is 3.25. The van der Waals surface area contributed by atoms with Gasteiger partial charge in [-0.05, 0) is 64.2 Å². The van der Waals surface area contributed by atoms with E-state index in [-0.39, 0.29) is 0 Å². The van der Waals surface area contributed by atoms with Crippen molar-refractivity contribution in [2.75, 3.05) is 0 Å². The van der Waals surface area contributed by atoms with Crippen molar-refractivity contribution in [2.24, 2.45) is 0 Å². The fourth-order valence-electron chi connectivity index (χ4n) is 7.56. The molecule has 0 N–H and O–H groups in total. The van der Waals surface area contributed by atoms with Crippen LogP contribution in [0.25, 0.3) is 99.8 Å². The predicted octanol–water partition coefficient (Wildman–Crippen LogP) is 12.2. The molecule has 254 valence electrons. The van der Waals surface area contributed by atoms with Gasteiger partial charge in [0.25, 0.3) is 0 Å². The highest BCUT2D eigenvalue weighted by Crippen LogP contribution is 2.37. The third-order valence-electron chi connectivity index (χ3n) is 10.3. The summed E-state index contributed by atoms with van der Waals surface area (Å²) >= 11 is 0. The fourth-order valence-corrected chi connectivity index (χ4v) is 7.56. The molecule has 0 aliphatic carbocycles. The van der Waals surface area contributed by atoms with Crippen LogP contribution in [0.5, 0.6) is 0 Å². The summed E-state index contributed by atoms with van der Waals surface area (Å²) < 4.78 is 0. The lowest BCUT2D eigenvalue weighted by Gasteiger charge is -2.14. The average molecular weight is 692 g/mol. The molecular weight excluding hydrogens is 659 g/mol. The topological polar surface area (TPSA) is 64.5 Å². The number of pyridine rings is 3. The van der Waals surface area contributed by atoms with Gasteiger partial charge in [0.2, 0.25) is 0 Å². The van der Waals surface area contributed by atoms with E-state index < -0.39 is 0 Å². The first-order valence-corrected chi connectivity index (χ1v) is 18.3. The van der Waals surface area contributed by atoms with Gasteiger partial charge in [-0.15, -0.1) is 0 Å². The number of hydrogen-bond donors (Lipinski definition) is 0. The van der Waals surface area contributed by atoms with Crippen LogP contribution in [0.3, 0.4) is 0 Å². The summed E-state index contributed by atoms with van der Waals surface area (Å²) in [4.78, 5) is 25.6. The number of nitrogens with zero attached hydrogens (tertiary/aromatic N) is 5. The standard InChI is InChI=1S/C49H33N5/c1-2-37-29-42(40-22-9-15-31-12-6-7-20-38(31)40)41-25-23-34-24-26-43(52-47(34)48(41)51-37)45-30-44(32-13-4-3-5-14-32)53-49(54-45)36-18-8-17-35(28-36)39-21-10-16-33-19-11-27-50-46(33)39/h3-30H,2H2,1H3. The first-order valence-electron chi connectivity index (χ1n) is 18.3. The van der Waals surface area contributed by atoms with Crippen molar-refractivity contribution in [3.05, 3.63) is 176 Å². The summed E-state index contributed by atoms with van der Waals surface area (Å²) in [7, 11) is 0. The SMILES string of the molecule is CCc1cc(-c2cccc3ccccc23)c2ccc3ccc(-c4cc(-c5ccccc5)nc(-c5cccc(-c6cccc7cccnc67)c5)n4)nc3c2n1. The van der Waals surface area contributed by atoms with E-state index in [1.165, 1.54) is 21.9 Å². The van der Waals surface area contributed by atoms with Gasteiger partial charge in [0.15, 0.2) is 5.82 Å². The maximum Gasteiger partial charge on any atom is 0.160 e. The third kappa shape index (κ3) is 5.54. The van der Waals surface area contributed by atoms with E-state index in [1.807, 2.05) is 36.5 Å². The number of aryl methyl sites for hydroxylation is 1. The first-order chi connectivity index (χ1) is 26.7. The Labute approximate surface area is 312 Å². The maximum absolute atomic E-state index is 5.35. The van der Waals surface area contributed by atoms with Crippen LogP contribution in [0, 0.1) is 0 Å². The number of benzene rings is 6. The van der Waals surface area contributed by atoms with Gasteiger partial charge in [-0.2, -0.15) is 0 Å². The van der Waals surface area contributed by atoms with Crippen molar-refractivity contribution in [1.29, 1.82) is 0 Å². The van der Waals surface area contributed by atoms with E-state index in [2.05, 4.69) is 140 Å². The van der Waals surface area contributed by atoms with E-state index in [9.17, 15) is 0 Å². The Morgan fingerprint density at radius 1 is 0.389 bits per heavy atom. The van der Waals surface area contributed by atoms with Crippen molar-refractivity contribution in [1.82, 2.24) is 24.9 Å². The molecular formula is C49H33N5. The zero-order chi connectivity index (χ0) is 36.0. The van der Waals surface area contributed by atoms with E-state index in [4.69, 9.17) is 24.9 Å². The molecule has 54 heavy (non-hydrogen) atoms. The minimum Gasteiger partial charge on any atom is -0.256 e. The molecule has 5 heteroatoms. The highest BCUT2D eigenvalue weighted by Gasteiger charge is 2.17. The van der Waals surface area contributed by atoms with E-state index in [0.717, 1.165) is 84.2 Å². The second-order valence-electron chi connectivity index (χ2n) is 13.6. The van der Waals surface area contributed by atoms with Crippen LogP contribution < -0.4 is 0 Å². The van der Waals surface area contributed by atoms with E-state index in [1.54, 1.807) is 0 Å². The molecule has 0 aliphatic heterocycles. The molecule has 0 atom stereocenters. The lowest BCUT2D eigenvalue weighted by atomic mass is 9.94. The molecule has 10 rings (SSSR count). The van der Waals surface area contributed by atoms with Crippen LogP contribution in [-0.4, -0.2) is 24.9 Å². The van der Waals surface area contributed by atoms with Gasteiger partial charge < -0.3 is 0 Å². The Kier molecular flexibility index (Phi) is 7.69. The summed E-state index contributed by atoms with van der Waals surface area (Å²) in [5, 5.41) is 5.65. The normalized spacial score (nSPS) is 11.5. The Morgan fingerprint density at radius 3 is 2.00 bits per heavy atom. The number of para-hydroxylation sites is 1. The molecule has 10 aromatic rings. The third-order valence-corrected chi connectivity index (χ3v) is 10.3. The van der Waals surface area contributed by atoms with Gasteiger partial charge in [0, 0.05) is 44.7 Å². The van der Waals surface area contributed by atoms with Crippen molar-refractivity contribution < 1.29 is 0 Å². The molecule has 4 heterocycles. The highest BCUT2D eigenvalue weighted by atomic mass is 14.9. The minimum absolute atomic E-state index is 0.630. The molecule has 6 aromatic carbocycles. The van der Waals surface area contributed by atoms with Crippen molar-refractivity contribution in [2.45, 2.75) is 13.3 Å². The monoisotopic (exact) mass is 691 g/mol. The smallest absolute Gasteiger partial charge is 0.160 e. The first kappa shape index (κ1) is 31.6. The molecule has 0 fully saturated rings. The summed E-state index contributed by atoms with van der Waals surface area (Å²) in [6.45, 7) is 2.16. The van der Waals surface area contributed by atoms with Crippen LogP contribution in [0.15, 0.2) is 170 Å². The van der Waals surface area contributed by atoms with Gasteiger partial charge in [0.1, 0.15) is 0 Å². The van der Waals surface area contributed by atoms with Crippen LogP contribution in [-0.2, 0) is 6.42 Å². The molecule has 0 saturated carbocycles. The Morgan fingerprint density at radius 2 is 1.09 bits per heavy atom. The van der Waals surface area contributed by atoms with E-state index >= 15 is 0 Å². The zero-order valence-electron chi connectivity index (χ0n) is 29.6. The number of rotatable bonds is 6. The summed E-state index contributed by atoms with van der Waals surface area (Å²) in [5.41, 5.74) is 12.5. The second kappa shape index (κ2) is 13.1. The van der Waals surface area contributed by atoms with Crippen molar-refractivity contribution in [3.8, 4) is 56.3 Å². The molecule has 0 radical (unpaired) electrons. The summed E-state index contributed by atoms with van der Waals surface area (Å²) in [6, 6.07) is 56.9. The van der Waals surface area contributed by atoms with Gasteiger partial charge in [-0.25, -0.2) is 15.0 Å². The number of aromatic nitrogens is 5. The quantitative estimate of drug-likeness (QED) is 0.162. The maximum atomic E-state index is 5.35. The van der Waals surface area contributed by atoms with E-state index in [0.29, 0.717) is 5.82 Å². The summed E-state index contributed by atoms with van der Waals surface area (Å²) in [5.74, 6) is 0.630. The van der Waals surface area contributed by atoms with Crippen molar-refractivity contribution >= 4 is 43.5 Å². The largest absolute Gasteiger partial charge is 0.256 e. The van der Waals surface area contributed by atoms with Crippen molar-refractivity contribution in [3.63, 3.8) is 0 Å². The lowest BCUT2D eigenvalue weighted by molar-refractivity contribution is 1.06. The molecule has 0 saturated heterocycles. The Bertz CT molecular complexity index is 3030. The minimum atomic E-state index is 0.630. The van der Waals surface area contributed by atoms with Crippen LogP contribution in [0.1, 0.15) is 12.6 Å². The molecule has 0 amide bonds. The molecule has 0 bridgehead atoms. The van der Waals surface area contributed by atoms with Gasteiger partial charge >= 0.3 is 0 Å². The second-order valence-corrected chi connectivity index (χ2v) is 13.6.